The van der Waals surface area contributed by atoms with Crippen LogP contribution in [0.25, 0.3) is 21.9 Å². The van der Waals surface area contributed by atoms with Crippen molar-refractivity contribution in [2.75, 3.05) is 0 Å². The Bertz CT molecular complexity index is 1500. The molecule has 0 N–H and O–H groups in total. The van der Waals surface area contributed by atoms with Crippen LogP contribution in [0.4, 0.5) is 30.7 Å². The minimum atomic E-state index is -1.79. The van der Waals surface area contributed by atoms with Crippen LogP contribution in [0.1, 0.15) is 42.9 Å². The molecule has 0 aliphatic rings. The summed E-state index contributed by atoms with van der Waals surface area (Å²) in [6.07, 6.45) is 3.26. The molecule has 0 bridgehead atoms. The summed E-state index contributed by atoms with van der Waals surface area (Å²) in [7, 11) is 0. The monoisotopic (exact) mass is 500 g/mol. The molecule has 4 aromatic carbocycles. The van der Waals surface area contributed by atoms with E-state index >= 15 is 0 Å². The molecule has 0 fully saturated rings. The third-order valence-electron chi connectivity index (χ3n) is 5.80. The van der Waals surface area contributed by atoms with Crippen LogP contribution in [-0.4, -0.2) is 0 Å². The highest BCUT2D eigenvalue weighted by Crippen LogP contribution is 2.30. The third-order valence-corrected chi connectivity index (χ3v) is 5.80. The van der Waals surface area contributed by atoms with E-state index < -0.39 is 46.1 Å². The van der Waals surface area contributed by atoms with E-state index in [9.17, 15) is 30.7 Å². The molecule has 184 valence electrons. The fourth-order valence-electron chi connectivity index (χ4n) is 4.00. The van der Waals surface area contributed by atoms with E-state index in [-0.39, 0.29) is 27.6 Å². The van der Waals surface area contributed by atoms with Crippen molar-refractivity contribution in [1.29, 1.82) is 0 Å². The Kier molecular flexibility index (Phi) is 7.35. The second kappa shape index (κ2) is 10.4. The van der Waals surface area contributed by atoms with Gasteiger partial charge in [-0.05, 0) is 71.8 Å². The van der Waals surface area contributed by atoms with E-state index in [0.717, 1.165) is 37.5 Å². The summed E-state index contributed by atoms with van der Waals surface area (Å²) in [5, 5.41) is -0.981. The lowest BCUT2D eigenvalue weighted by Crippen LogP contribution is -1.96. The molecule has 0 aliphatic heterocycles. The molecule has 0 aliphatic carbocycles. The Balaban J connectivity index is 1.64. The molecule has 0 atom stereocenters. The number of hydrogen-bond acceptors (Lipinski definition) is 0. The third kappa shape index (κ3) is 5.08. The molecule has 0 radical (unpaired) electrons. The van der Waals surface area contributed by atoms with Gasteiger partial charge in [-0.2, -0.15) is 0 Å². The molecule has 7 heteroatoms. The van der Waals surface area contributed by atoms with Gasteiger partial charge in [0.1, 0.15) is 23.3 Å². The maximum Gasteiger partial charge on any atom is 0.195 e. The maximum absolute atomic E-state index is 14.7. The smallest absolute Gasteiger partial charge is 0.195 e. The molecule has 0 aromatic heterocycles. The van der Waals surface area contributed by atoms with Crippen molar-refractivity contribution in [3.63, 3.8) is 0 Å². The average molecular weight is 500 g/mol. The summed E-state index contributed by atoms with van der Waals surface area (Å²) in [6.45, 7) is 2.03. The highest BCUT2D eigenvalue weighted by atomic mass is 19.2. The van der Waals surface area contributed by atoms with Gasteiger partial charge in [0.15, 0.2) is 17.5 Å². The fourth-order valence-corrected chi connectivity index (χ4v) is 4.00. The Morgan fingerprint density at radius 2 is 1.36 bits per heavy atom. The quantitative estimate of drug-likeness (QED) is 0.111. The molecule has 0 saturated carbocycles. The van der Waals surface area contributed by atoms with Crippen molar-refractivity contribution >= 4 is 10.8 Å². The van der Waals surface area contributed by atoms with Gasteiger partial charge in [-0.15, -0.1) is 0 Å². The first-order valence-electron chi connectivity index (χ1n) is 11.3. The zero-order chi connectivity index (χ0) is 26.0. The number of fused-ring (bicyclic) bond motifs is 1. The van der Waals surface area contributed by atoms with E-state index in [2.05, 4.69) is 11.8 Å². The summed E-state index contributed by atoms with van der Waals surface area (Å²) in [5.74, 6) is -3.62. The summed E-state index contributed by atoms with van der Waals surface area (Å²) < 4.78 is 99.1. The normalized spacial score (nSPS) is 11.0. The first-order valence-corrected chi connectivity index (χ1v) is 11.3. The molecule has 4 aromatic rings. The Morgan fingerprint density at radius 3 is 2.03 bits per heavy atom. The van der Waals surface area contributed by atoms with E-state index in [1.165, 1.54) is 24.3 Å². The Hall–Kier alpha value is -3.79. The minimum absolute atomic E-state index is 0.0158. The molecule has 0 nitrogen and oxygen atoms in total. The van der Waals surface area contributed by atoms with Gasteiger partial charge in [-0.25, -0.2) is 30.7 Å². The second-order valence-corrected chi connectivity index (χ2v) is 8.38. The first-order chi connectivity index (χ1) is 17.2. The van der Waals surface area contributed by atoms with Gasteiger partial charge in [0.05, 0.1) is 16.5 Å². The van der Waals surface area contributed by atoms with Gasteiger partial charge in [0.2, 0.25) is 0 Å². The Labute approximate surface area is 203 Å². The van der Waals surface area contributed by atoms with Crippen LogP contribution in [0.5, 0.6) is 0 Å². The molecular weight excluding hydrogens is 481 g/mol. The van der Waals surface area contributed by atoms with Crippen molar-refractivity contribution in [2.24, 2.45) is 0 Å². The largest absolute Gasteiger partial charge is 0.206 e. The molecule has 0 unspecified atom stereocenters. The van der Waals surface area contributed by atoms with Gasteiger partial charge in [-0.3, -0.25) is 0 Å². The van der Waals surface area contributed by atoms with Crippen molar-refractivity contribution < 1.29 is 30.7 Å². The van der Waals surface area contributed by atoms with Crippen LogP contribution in [0.15, 0.2) is 48.5 Å². The van der Waals surface area contributed by atoms with Crippen LogP contribution in [0.2, 0.25) is 0 Å². The number of benzene rings is 4. The first kappa shape index (κ1) is 25.3. The Morgan fingerprint density at radius 1 is 0.639 bits per heavy atom. The van der Waals surface area contributed by atoms with Crippen molar-refractivity contribution in [3.8, 4) is 23.0 Å². The van der Waals surface area contributed by atoms with Crippen LogP contribution in [-0.2, 0) is 6.42 Å². The van der Waals surface area contributed by atoms with Gasteiger partial charge in [0, 0.05) is 5.56 Å². The van der Waals surface area contributed by atoms with Gasteiger partial charge in [-0.1, -0.05) is 37.7 Å². The van der Waals surface area contributed by atoms with Gasteiger partial charge < -0.3 is 0 Å². The molecule has 36 heavy (non-hydrogen) atoms. The summed E-state index contributed by atoms with van der Waals surface area (Å²) >= 11 is 0. The lowest BCUT2D eigenvalue weighted by Gasteiger charge is -2.09. The number of rotatable bonds is 5. The molecule has 0 saturated heterocycles. The van der Waals surface area contributed by atoms with Crippen molar-refractivity contribution in [1.82, 2.24) is 0 Å². The summed E-state index contributed by atoms with van der Waals surface area (Å²) in [5.41, 5.74) is -0.0361. The zero-order valence-electron chi connectivity index (χ0n) is 19.1. The van der Waals surface area contributed by atoms with E-state index in [1.807, 2.05) is 6.92 Å². The summed E-state index contributed by atoms with van der Waals surface area (Å²) in [4.78, 5) is 0. The molecular formula is C29H19F7. The van der Waals surface area contributed by atoms with Crippen LogP contribution in [0, 0.1) is 52.6 Å². The number of unbranched alkanes of at least 4 members (excludes halogenated alkanes) is 2. The lowest BCUT2D eigenvalue weighted by molar-refractivity contribution is 0.451. The summed E-state index contributed by atoms with van der Waals surface area (Å²) in [6, 6.07) is 8.53. The lowest BCUT2D eigenvalue weighted by atomic mass is 9.98. The zero-order valence-corrected chi connectivity index (χ0v) is 19.1. The minimum Gasteiger partial charge on any atom is -0.206 e. The van der Waals surface area contributed by atoms with E-state index in [4.69, 9.17) is 0 Å². The predicted molar refractivity (Wildman–Crippen MR) is 125 cm³/mol. The van der Waals surface area contributed by atoms with Gasteiger partial charge >= 0.3 is 0 Å². The molecule has 0 spiro atoms. The van der Waals surface area contributed by atoms with Gasteiger partial charge in [0.25, 0.3) is 0 Å². The highest BCUT2D eigenvalue weighted by molar-refractivity contribution is 5.85. The molecule has 4 rings (SSSR count). The maximum atomic E-state index is 14.7. The van der Waals surface area contributed by atoms with Crippen LogP contribution >= 0.6 is 0 Å². The SMILES string of the molecule is CCCCCc1cc(F)c(-c2ccc(C#Cc3cc(F)c4c(F)c(F)c(F)cc4c3)c(F)c2)c(F)c1. The van der Waals surface area contributed by atoms with Crippen molar-refractivity contribution in [3.05, 3.63) is 106 Å². The second-order valence-electron chi connectivity index (χ2n) is 8.38. The molecule has 0 amide bonds. The fraction of sp³-hybridized carbons (Fsp3) is 0.172. The van der Waals surface area contributed by atoms with E-state index in [0.29, 0.717) is 18.1 Å². The average Bonchev–Trinajstić information content (AvgIpc) is 2.81. The molecule has 0 heterocycles. The number of hydrogen-bond donors (Lipinski definition) is 0. The highest BCUT2D eigenvalue weighted by Gasteiger charge is 2.18. The van der Waals surface area contributed by atoms with E-state index in [1.54, 1.807) is 0 Å². The number of halogens is 7. The van der Waals surface area contributed by atoms with Crippen LogP contribution < -0.4 is 0 Å². The standard InChI is InChI=1S/C29H19F7/c1-2-3-4-5-16-11-22(31)26(23(32)12-16)19-9-8-18(21(30)14-19)7-6-17-10-20-15-25(34)28(35)29(36)27(20)24(33)13-17/h8-15H,2-5H2,1H3. The number of aryl methyl sites for hydroxylation is 1. The van der Waals surface area contributed by atoms with Crippen LogP contribution in [0.3, 0.4) is 0 Å². The van der Waals surface area contributed by atoms with Crippen molar-refractivity contribution in [2.45, 2.75) is 32.6 Å². The predicted octanol–water partition coefficient (Wildman–Crippen LogP) is 8.61. The topological polar surface area (TPSA) is 0 Å².